The van der Waals surface area contributed by atoms with E-state index in [0.29, 0.717) is 5.56 Å². The van der Waals surface area contributed by atoms with E-state index in [0.717, 1.165) is 37.6 Å². The summed E-state index contributed by atoms with van der Waals surface area (Å²) in [5, 5.41) is 13.1. The van der Waals surface area contributed by atoms with E-state index in [2.05, 4.69) is 15.4 Å². The predicted octanol–water partition coefficient (Wildman–Crippen LogP) is 1.99. The van der Waals surface area contributed by atoms with Crippen molar-refractivity contribution in [1.29, 1.82) is 0 Å². The number of nitrogens with one attached hydrogen (secondary N) is 1. The first-order chi connectivity index (χ1) is 11.7. The van der Waals surface area contributed by atoms with Gasteiger partial charge in [-0.05, 0) is 54.1 Å². The van der Waals surface area contributed by atoms with Gasteiger partial charge in [0.05, 0.1) is 19.4 Å². The second-order valence-corrected chi connectivity index (χ2v) is 5.44. The van der Waals surface area contributed by atoms with Crippen LogP contribution in [0.2, 0.25) is 0 Å². The number of phenols is 1. The Labute approximate surface area is 140 Å². The lowest BCUT2D eigenvalue weighted by molar-refractivity contribution is 0.0955. The Balaban J connectivity index is 1.57. The fourth-order valence-electron chi connectivity index (χ4n) is 2.44. The van der Waals surface area contributed by atoms with Gasteiger partial charge in [0.2, 0.25) is 0 Å². The number of carbonyl (C=O) groups excluding carboxylic acids is 1. The number of hydrogen-bond donors (Lipinski definition) is 2. The first-order valence-electron chi connectivity index (χ1n) is 7.77. The maximum absolute atomic E-state index is 12.1. The van der Waals surface area contributed by atoms with Gasteiger partial charge in [-0.15, -0.1) is 0 Å². The monoisotopic (exact) mass is 325 g/mol. The van der Waals surface area contributed by atoms with Gasteiger partial charge in [0.1, 0.15) is 5.75 Å². The minimum Gasteiger partial charge on any atom is -0.508 e. The standard InChI is InChI=1S/C18H19N3O3/c22-17-7-1-14(2-8-17)13-19-20-18(23)15-3-5-16(6-4-15)21-9-11-24-12-10-21/h1-8,13,22H,9-12H2,(H,20,23)/b19-13+. The average molecular weight is 325 g/mol. The predicted molar refractivity (Wildman–Crippen MR) is 92.6 cm³/mol. The Morgan fingerprint density at radius 1 is 1.08 bits per heavy atom. The number of aromatic hydroxyl groups is 1. The summed E-state index contributed by atoms with van der Waals surface area (Å²) in [6.45, 7) is 3.19. The van der Waals surface area contributed by atoms with Gasteiger partial charge in [-0.3, -0.25) is 4.79 Å². The highest BCUT2D eigenvalue weighted by Crippen LogP contribution is 2.16. The van der Waals surface area contributed by atoms with Crippen molar-refractivity contribution in [3.8, 4) is 5.75 Å². The molecule has 6 heteroatoms. The van der Waals surface area contributed by atoms with Gasteiger partial charge < -0.3 is 14.7 Å². The number of benzene rings is 2. The Kier molecular flexibility index (Phi) is 5.08. The van der Waals surface area contributed by atoms with Crippen LogP contribution in [-0.4, -0.2) is 43.5 Å². The molecule has 6 nitrogen and oxygen atoms in total. The van der Waals surface area contributed by atoms with Crippen molar-refractivity contribution in [2.45, 2.75) is 0 Å². The molecule has 0 aliphatic carbocycles. The molecule has 1 aliphatic heterocycles. The molecule has 0 spiro atoms. The van der Waals surface area contributed by atoms with Crippen molar-refractivity contribution in [2.24, 2.45) is 5.10 Å². The summed E-state index contributed by atoms with van der Waals surface area (Å²) in [5.74, 6) is -0.0740. The van der Waals surface area contributed by atoms with E-state index in [4.69, 9.17) is 4.74 Å². The van der Waals surface area contributed by atoms with Crippen LogP contribution in [0.5, 0.6) is 5.75 Å². The van der Waals surface area contributed by atoms with Crippen LogP contribution in [0.1, 0.15) is 15.9 Å². The molecule has 1 aliphatic rings. The van der Waals surface area contributed by atoms with Crippen LogP contribution in [0.3, 0.4) is 0 Å². The van der Waals surface area contributed by atoms with E-state index in [1.54, 1.807) is 36.4 Å². The van der Waals surface area contributed by atoms with Crippen LogP contribution >= 0.6 is 0 Å². The molecule has 1 heterocycles. The van der Waals surface area contributed by atoms with Gasteiger partial charge in [-0.25, -0.2) is 5.43 Å². The molecule has 0 bridgehead atoms. The Morgan fingerprint density at radius 3 is 2.42 bits per heavy atom. The lowest BCUT2D eigenvalue weighted by atomic mass is 10.2. The van der Waals surface area contributed by atoms with E-state index in [1.165, 1.54) is 6.21 Å². The third-order valence-corrected chi connectivity index (χ3v) is 3.78. The van der Waals surface area contributed by atoms with Crippen molar-refractivity contribution in [2.75, 3.05) is 31.2 Å². The molecule has 0 saturated carbocycles. The van der Waals surface area contributed by atoms with Crippen molar-refractivity contribution in [3.63, 3.8) is 0 Å². The van der Waals surface area contributed by atoms with Crippen molar-refractivity contribution in [3.05, 3.63) is 59.7 Å². The number of hydrogen-bond acceptors (Lipinski definition) is 5. The van der Waals surface area contributed by atoms with Gasteiger partial charge in [0, 0.05) is 24.3 Å². The summed E-state index contributed by atoms with van der Waals surface area (Å²) in [6.07, 6.45) is 1.53. The molecule has 0 unspecified atom stereocenters. The fourth-order valence-corrected chi connectivity index (χ4v) is 2.44. The van der Waals surface area contributed by atoms with Crippen LogP contribution in [-0.2, 0) is 4.74 Å². The number of morpholine rings is 1. The first kappa shape index (κ1) is 16.0. The van der Waals surface area contributed by atoms with Gasteiger partial charge in [0.15, 0.2) is 0 Å². The maximum Gasteiger partial charge on any atom is 0.271 e. The van der Waals surface area contributed by atoms with Crippen LogP contribution in [0.25, 0.3) is 0 Å². The molecule has 0 aromatic heterocycles. The van der Waals surface area contributed by atoms with Crippen LogP contribution < -0.4 is 10.3 Å². The number of nitrogens with zero attached hydrogens (tertiary/aromatic N) is 2. The fraction of sp³-hybridized carbons (Fsp3) is 0.222. The van der Waals surface area contributed by atoms with Crippen LogP contribution in [0.15, 0.2) is 53.6 Å². The van der Waals surface area contributed by atoms with E-state index in [9.17, 15) is 9.90 Å². The van der Waals surface area contributed by atoms with E-state index in [-0.39, 0.29) is 11.7 Å². The number of anilines is 1. The summed E-state index contributed by atoms with van der Waals surface area (Å²) < 4.78 is 5.33. The summed E-state index contributed by atoms with van der Waals surface area (Å²) in [7, 11) is 0. The largest absolute Gasteiger partial charge is 0.508 e. The summed E-state index contributed by atoms with van der Waals surface area (Å²) in [6, 6.07) is 14.0. The lowest BCUT2D eigenvalue weighted by Gasteiger charge is -2.28. The summed E-state index contributed by atoms with van der Waals surface area (Å²) >= 11 is 0. The zero-order valence-corrected chi connectivity index (χ0v) is 13.2. The molecule has 2 aromatic carbocycles. The molecule has 24 heavy (non-hydrogen) atoms. The SMILES string of the molecule is O=C(N/N=C/c1ccc(O)cc1)c1ccc(N2CCOCC2)cc1. The van der Waals surface area contributed by atoms with E-state index >= 15 is 0 Å². The van der Waals surface area contributed by atoms with Crippen LogP contribution in [0.4, 0.5) is 5.69 Å². The third kappa shape index (κ3) is 4.11. The molecule has 1 saturated heterocycles. The zero-order chi connectivity index (χ0) is 16.8. The molecular formula is C18H19N3O3. The minimum atomic E-state index is -0.265. The topological polar surface area (TPSA) is 74.2 Å². The number of phenolic OH excluding ortho intramolecular Hbond substituents is 1. The molecular weight excluding hydrogens is 306 g/mol. The summed E-state index contributed by atoms with van der Waals surface area (Å²) in [5.41, 5.74) is 4.92. The number of hydrazone groups is 1. The summed E-state index contributed by atoms with van der Waals surface area (Å²) in [4.78, 5) is 14.3. The highest BCUT2D eigenvalue weighted by molar-refractivity contribution is 5.95. The average Bonchev–Trinajstić information content (AvgIpc) is 2.64. The molecule has 2 N–H and O–H groups in total. The van der Waals surface area contributed by atoms with Gasteiger partial charge in [-0.1, -0.05) is 0 Å². The maximum atomic E-state index is 12.1. The first-order valence-corrected chi connectivity index (χ1v) is 7.77. The molecule has 1 fully saturated rings. The second-order valence-electron chi connectivity index (χ2n) is 5.44. The van der Waals surface area contributed by atoms with Gasteiger partial charge in [-0.2, -0.15) is 5.10 Å². The quantitative estimate of drug-likeness (QED) is 0.666. The van der Waals surface area contributed by atoms with Gasteiger partial charge in [0.25, 0.3) is 5.91 Å². The lowest BCUT2D eigenvalue weighted by Crippen LogP contribution is -2.36. The number of carbonyl (C=O) groups is 1. The number of amides is 1. The van der Waals surface area contributed by atoms with Crippen molar-refractivity contribution >= 4 is 17.8 Å². The molecule has 1 amide bonds. The highest BCUT2D eigenvalue weighted by atomic mass is 16.5. The Hall–Kier alpha value is -2.86. The smallest absolute Gasteiger partial charge is 0.271 e. The molecule has 2 aromatic rings. The van der Waals surface area contributed by atoms with Crippen molar-refractivity contribution in [1.82, 2.24) is 5.43 Å². The number of ether oxygens (including phenoxy) is 1. The molecule has 124 valence electrons. The highest BCUT2D eigenvalue weighted by Gasteiger charge is 2.11. The van der Waals surface area contributed by atoms with Crippen molar-refractivity contribution < 1.29 is 14.6 Å². The van der Waals surface area contributed by atoms with Gasteiger partial charge >= 0.3 is 0 Å². The zero-order valence-electron chi connectivity index (χ0n) is 13.2. The van der Waals surface area contributed by atoms with Crippen LogP contribution in [0, 0.1) is 0 Å². The van der Waals surface area contributed by atoms with E-state index in [1.807, 2.05) is 12.1 Å². The number of rotatable bonds is 4. The van der Waals surface area contributed by atoms with E-state index < -0.39 is 0 Å². The molecule has 0 radical (unpaired) electrons. The second kappa shape index (κ2) is 7.61. The normalized spacial score (nSPS) is 14.8. The molecule has 0 atom stereocenters. The third-order valence-electron chi connectivity index (χ3n) is 3.78. The Morgan fingerprint density at radius 2 is 1.75 bits per heavy atom. The molecule has 3 rings (SSSR count). The Bertz CT molecular complexity index is 705. The minimum absolute atomic E-state index is 0.191.